The average molecular weight is 430 g/mol. The van der Waals surface area contributed by atoms with Gasteiger partial charge in [0.05, 0.1) is 0 Å². The number of nitrogens with one attached hydrogen (secondary N) is 3. The SMILES string of the molecule is CCCCn1c(NC(=O)C2CCCC(N)C2)c(NCCC(C)C)c(=O)[nH]c1=O.Cl. The highest BCUT2D eigenvalue weighted by molar-refractivity contribution is 5.94. The first-order valence-corrected chi connectivity index (χ1v) is 10.5. The number of nitrogens with zero attached hydrogens (tertiary/aromatic N) is 1. The first kappa shape index (κ1) is 25.2. The highest BCUT2D eigenvalue weighted by Gasteiger charge is 2.27. The molecule has 1 aromatic rings. The minimum atomic E-state index is -0.503. The first-order valence-electron chi connectivity index (χ1n) is 10.5. The van der Waals surface area contributed by atoms with Gasteiger partial charge in [-0.2, -0.15) is 0 Å². The molecule has 166 valence electrons. The molecule has 0 radical (unpaired) electrons. The van der Waals surface area contributed by atoms with Crippen molar-refractivity contribution in [2.75, 3.05) is 17.2 Å². The molecule has 0 aromatic carbocycles. The maximum atomic E-state index is 12.9. The Bertz CT molecular complexity index is 774. The van der Waals surface area contributed by atoms with Crippen LogP contribution >= 0.6 is 12.4 Å². The number of unbranched alkanes of at least 4 members (excludes halogenated alkanes) is 1. The quantitative estimate of drug-likeness (QED) is 0.480. The number of hydrogen-bond donors (Lipinski definition) is 4. The average Bonchev–Trinajstić information content (AvgIpc) is 2.63. The van der Waals surface area contributed by atoms with Crippen molar-refractivity contribution < 1.29 is 4.79 Å². The van der Waals surface area contributed by atoms with Gasteiger partial charge in [0.15, 0.2) is 0 Å². The molecule has 1 saturated carbocycles. The lowest BCUT2D eigenvalue weighted by atomic mass is 9.85. The van der Waals surface area contributed by atoms with Crippen molar-refractivity contribution in [1.29, 1.82) is 0 Å². The Morgan fingerprint density at radius 2 is 2.03 bits per heavy atom. The molecular weight excluding hydrogens is 394 g/mol. The molecule has 0 spiro atoms. The summed E-state index contributed by atoms with van der Waals surface area (Å²) in [5.41, 5.74) is 5.28. The molecule has 1 aliphatic carbocycles. The molecule has 1 fully saturated rings. The van der Waals surface area contributed by atoms with E-state index in [1.807, 2.05) is 6.92 Å². The number of halogens is 1. The predicted octanol–water partition coefficient (Wildman–Crippen LogP) is 2.67. The van der Waals surface area contributed by atoms with E-state index in [9.17, 15) is 14.4 Å². The van der Waals surface area contributed by atoms with Crippen molar-refractivity contribution in [1.82, 2.24) is 9.55 Å². The third kappa shape index (κ3) is 7.19. The van der Waals surface area contributed by atoms with E-state index >= 15 is 0 Å². The number of anilines is 2. The molecule has 1 aromatic heterocycles. The first-order chi connectivity index (χ1) is 13.3. The van der Waals surface area contributed by atoms with Crippen LogP contribution in [0.1, 0.15) is 65.7 Å². The van der Waals surface area contributed by atoms with E-state index < -0.39 is 11.2 Å². The van der Waals surface area contributed by atoms with Gasteiger partial charge in [0, 0.05) is 25.0 Å². The lowest BCUT2D eigenvalue weighted by Gasteiger charge is -2.26. The fourth-order valence-electron chi connectivity index (χ4n) is 3.57. The molecule has 29 heavy (non-hydrogen) atoms. The Balaban J connectivity index is 0.00000420. The third-order valence-corrected chi connectivity index (χ3v) is 5.29. The summed E-state index contributed by atoms with van der Waals surface area (Å²) in [6.45, 7) is 7.25. The van der Waals surface area contributed by atoms with Gasteiger partial charge >= 0.3 is 5.69 Å². The van der Waals surface area contributed by atoms with E-state index in [0.29, 0.717) is 25.4 Å². The molecule has 5 N–H and O–H groups in total. The molecule has 0 aliphatic heterocycles. The van der Waals surface area contributed by atoms with Gasteiger partial charge in [-0.3, -0.25) is 19.1 Å². The van der Waals surface area contributed by atoms with Gasteiger partial charge in [0.2, 0.25) is 5.91 Å². The van der Waals surface area contributed by atoms with E-state index in [4.69, 9.17) is 5.73 Å². The Labute approximate surface area is 178 Å². The van der Waals surface area contributed by atoms with Crippen molar-refractivity contribution in [3.63, 3.8) is 0 Å². The van der Waals surface area contributed by atoms with Gasteiger partial charge in [-0.1, -0.05) is 33.6 Å². The second kappa shape index (κ2) is 12.0. The smallest absolute Gasteiger partial charge is 0.330 e. The van der Waals surface area contributed by atoms with Crippen LogP contribution in [0.3, 0.4) is 0 Å². The molecule has 1 aliphatic rings. The highest BCUT2D eigenvalue weighted by Crippen LogP contribution is 2.25. The van der Waals surface area contributed by atoms with Crippen LogP contribution in [0.4, 0.5) is 11.5 Å². The number of carbonyl (C=O) groups is 1. The van der Waals surface area contributed by atoms with Crippen molar-refractivity contribution in [2.24, 2.45) is 17.6 Å². The Hall–Kier alpha value is -1.80. The maximum absolute atomic E-state index is 12.9. The van der Waals surface area contributed by atoms with Gasteiger partial charge in [-0.25, -0.2) is 4.79 Å². The number of carbonyl (C=O) groups excluding carboxylic acids is 1. The third-order valence-electron chi connectivity index (χ3n) is 5.29. The van der Waals surface area contributed by atoms with E-state index in [-0.39, 0.29) is 41.8 Å². The molecule has 2 unspecified atom stereocenters. The molecule has 1 amide bonds. The van der Waals surface area contributed by atoms with Crippen LogP contribution in [0, 0.1) is 11.8 Å². The van der Waals surface area contributed by atoms with Crippen molar-refractivity contribution in [3.8, 4) is 0 Å². The molecule has 1 heterocycles. The zero-order valence-corrected chi connectivity index (χ0v) is 18.6. The normalized spacial score (nSPS) is 18.9. The molecule has 2 atom stereocenters. The molecule has 2 rings (SSSR count). The fourth-order valence-corrected chi connectivity index (χ4v) is 3.57. The number of nitrogens with two attached hydrogens (primary N) is 1. The van der Waals surface area contributed by atoms with Gasteiger partial charge in [-0.05, 0) is 38.0 Å². The Kier molecular flexibility index (Phi) is 10.5. The number of rotatable bonds is 9. The van der Waals surface area contributed by atoms with Crippen molar-refractivity contribution >= 4 is 29.8 Å². The summed E-state index contributed by atoms with van der Waals surface area (Å²) in [5, 5.41) is 6.02. The van der Waals surface area contributed by atoms with Crippen LogP contribution in [0.2, 0.25) is 0 Å². The molecule has 9 heteroatoms. The van der Waals surface area contributed by atoms with Crippen molar-refractivity contribution in [2.45, 2.75) is 78.3 Å². The van der Waals surface area contributed by atoms with Crippen LogP contribution < -0.4 is 27.6 Å². The summed E-state index contributed by atoms with van der Waals surface area (Å²) < 4.78 is 1.46. The second-order valence-electron chi connectivity index (χ2n) is 8.21. The molecular formula is C20H36ClN5O3. The summed E-state index contributed by atoms with van der Waals surface area (Å²) in [6.07, 6.45) is 5.79. The molecule has 0 saturated heterocycles. The zero-order valence-electron chi connectivity index (χ0n) is 17.8. The van der Waals surface area contributed by atoms with Gasteiger partial charge in [0.1, 0.15) is 11.5 Å². The monoisotopic (exact) mass is 429 g/mol. The van der Waals surface area contributed by atoms with Crippen LogP contribution in [0.25, 0.3) is 0 Å². The predicted molar refractivity (Wildman–Crippen MR) is 120 cm³/mol. The van der Waals surface area contributed by atoms with Crippen LogP contribution in [0.15, 0.2) is 9.59 Å². The summed E-state index contributed by atoms with van der Waals surface area (Å²) in [7, 11) is 0. The minimum Gasteiger partial charge on any atom is -0.378 e. The van der Waals surface area contributed by atoms with E-state index in [1.165, 1.54) is 4.57 Å². The summed E-state index contributed by atoms with van der Waals surface area (Å²) in [4.78, 5) is 40.1. The summed E-state index contributed by atoms with van der Waals surface area (Å²) >= 11 is 0. The number of H-pyrrole nitrogens is 1. The molecule has 8 nitrogen and oxygen atoms in total. The minimum absolute atomic E-state index is 0. The lowest BCUT2D eigenvalue weighted by molar-refractivity contribution is -0.120. The largest absolute Gasteiger partial charge is 0.378 e. The van der Waals surface area contributed by atoms with Crippen LogP contribution in [0.5, 0.6) is 0 Å². The summed E-state index contributed by atoms with van der Waals surface area (Å²) in [5.74, 6) is 0.382. The maximum Gasteiger partial charge on any atom is 0.330 e. The Morgan fingerprint density at radius 3 is 2.66 bits per heavy atom. The standard InChI is InChI=1S/C20H35N5O3.ClH/c1-4-5-11-25-17(23-18(26)14-7-6-8-15(21)12-14)16(19(27)24-20(25)28)22-10-9-13(2)3;/h13-15,22H,4-12,21H2,1-3H3,(H,23,26)(H,24,27,28);1H. The number of hydrogen-bond acceptors (Lipinski definition) is 5. The second-order valence-corrected chi connectivity index (χ2v) is 8.21. The zero-order chi connectivity index (χ0) is 20.7. The van der Waals surface area contributed by atoms with E-state index in [0.717, 1.165) is 38.5 Å². The lowest BCUT2D eigenvalue weighted by Crippen LogP contribution is -2.38. The van der Waals surface area contributed by atoms with E-state index in [2.05, 4.69) is 29.5 Å². The molecule has 0 bridgehead atoms. The van der Waals surface area contributed by atoms with Gasteiger partial charge < -0.3 is 16.4 Å². The number of aromatic amines is 1. The van der Waals surface area contributed by atoms with Crippen LogP contribution in [-0.2, 0) is 11.3 Å². The van der Waals surface area contributed by atoms with Crippen molar-refractivity contribution in [3.05, 3.63) is 20.8 Å². The van der Waals surface area contributed by atoms with E-state index in [1.54, 1.807) is 0 Å². The number of amides is 1. The number of aromatic nitrogens is 2. The Morgan fingerprint density at radius 1 is 1.31 bits per heavy atom. The highest BCUT2D eigenvalue weighted by atomic mass is 35.5. The topological polar surface area (TPSA) is 122 Å². The van der Waals surface area contributed by atoms with Gasteiger partial charge in [-0.15, -0.1) is 12.4 Å². The summed E-state index contributed by atoms with van der Waals surface area (Å²) in [6, 6.07) is 0.0228. The van der Waals surface area contributed by atoms with Gasteiger partial charge in [0.25, 0.3) is 5.56 Å². The van der Waals surface area contributed by atoms with Crippen LogP contribution in [-0.4, -0.2) is 28.0 Å². The fraction of sp³-hybridized carbons (Fsp3) is 0.750.